The molecule has 0 amide bonds. The Hall–Kier alpha value is -0.910. The van der Waals surface area contributed by atoms with Gasteiger partial charge in [0.05, 0.1) is 6.61 Å². The fraction of sp³-hybridized carbons (Fsp3) is 0.500. The molecule has 0 aliphatic carbocycles. The van der Waals surface area contributed by atoms with Crippen molar-refractivity contribution in [3.63, 3.8) is 0 Å². The zero-order chi connectivity index (χ0) is 14.3. The monoisotopic (exact) mass is 328 g/mol. The van der Waals surface area contributed by atoms with Gasteiger partial charge in [-0.25, -0.2) is 4.79 Å². The largest absolute Gasteiger partial charge is 0.465 e. The van der Waals surface area contributed by atoms with E-state index in [0.717, 1.165) is 23.1 Å². The quantitative estimate of drug-likeness (QED) is 0.779. The predicted octanol–water partition coefficient (Wildman–Crippen LogP) is 2.20. The molecule has 0 saturated heterocycles. The van der Waals surface area contributed by atoms with Crippen LogP contribution >= 0.6 is 15.9 Å². The molecule has 0 aliphatic heterocycles. The molecule has 1 rings (SSSR count). The first kappa shape index (κ1) is 16.1. The molecule has 0 aliphatic rings. The lowest BCUT2D eigenvalue weighted by Gasteiger charge is -2.20. The minimum atomic E-state index is -0.435. The van der Waals surface area contributed by atoms with Crippen LogP contribution in [0, 0.1) is 0 Å². The lowest BCUT2D eigenvalue weighted by atomic mass is 10.1. The van der Waals surface area contributed by atoms with Crippen LogP contribution < -0.4 is 5.32 Å². The normalized spacial score (nSPS) is 12.5. The van der Waals surface area contributed by atoms with Gasteiger partial charge >= 0.3 is 5.97 Å². The molecule has 1 N–H and O–H groups in total. The number of carbonyl (C=O) groups is 1. The van der Waals surface area contributed by atoms with Crippen molar-refractivity contribution in [3.05, 3.63) is 34.3 Å². The van der Waals surface area contributed by atoms with Crippen molar-refractivity contribution in [3.8, 4) is 0 Å². The van der Waals surface area contributed by atoms with Crippen molar-refractivity contribution in [1.82, 2.24) is 10.2 Å². The molecule has 0 radical (unpaired) electrons. The van der Waals surface area contributed by atoms with Crippen molar-refractivity contribution in [2.24, 2.45) is 0 Å². The van der Waals surface area contributed by atoms with Crippen molar-refractivity contribution in [2.45, 2.75) is 13.0 Å². The number of hydrogen-bond donors (Lipinski definition) is 1. The Morgan fingerprint density at radius 2 is 2.11 bits per heavy atom. The number of likely N-dealkylation sites (N-methyl/N-ethyl adjacent to an activating group) is 1. The summed E-state index contributed by atoms with van der Waals surface area (Å²) in [5.41, 5.74) is 0.903. The van der Waals surface area contributed by atoms with E-state index < -0.39 is 6.04 Å². The first-order valence-electron chi connectivity index (χ1n) is 6.35. The number of benzene rings is 1. The molecule has 0 bridgehead atoms. The average Bonchev–Trinajstić information content (AvgIpc) is 2.36. The molecule has 0 spiro atoms. The fourth-order valence-corrected chi connectivity index (χ4v) is 2.20. The highest BCUT2D eigenvalue weighted by Gasteiger charge is 2.23. The van der Waals surface area contributed by atoms with Gasteiger partial charge < -0.3 is 9.64 Å². The number of hydrogen-bond acceptors (Lipinski definition) is 4. The molecule has 5 heteroatoms. The Morgan fingerprint density at radius 3 is 2.68 bits per heavy atom. The summed E-state index contributed by atoms with van der Waals surface area (Å²) in [4.78, 5) is 14.1. The van der Waals surface area contributed by atoms with Crippen LogP contribution in [0.4, 0.5) is 0 Å². The number of carbonyl (C=O) groups excluding carboxylic acids is 1. The molecule has 4 nitrogen and oxygen atoms in total. The van der Waals surface area contributed by atoms with Crippen LogP contribution in [0.3, 0.4) is 0 Å². The van der Waals surface area contributed by atoms with Crippen LogP contribution in [-0.2, 0) is 9.53 Å². The third-order valence-electron chi connectivity index (χ3n) is 2.65. The first-order valence-corrected chi connectivity index (χ1v) is 7.14. The van der Waals surface area contributed by atoms with Gasteiger partial charge in [-0.05, 0) is 32.6 Å². The summed E-state index contributed by atoms with van der Waals surface area (Å²) in [6, 6.07) is 7.26. The number of esters is 1. The first-order chi connectivity index (χ1) is 9.06. The molecule has 1 aromatic carbocycles. The van der Waals surface area contributed by atoms with Gasteiger partial charge in [0.1, 0.15) is 6.04 Å². The second kappa shape index (κ2) is 8.30. The molecule has 0 aromatic heterocycles. The second-order valence-electron chi connectivity index (χ2n) is 4.46. The topological polar surface area (TPSA) is 41.6 Å². The van der Waals surface area contributed by atoms with Gasteiger partial charge in [0.15, 0.2) is 0 Å². The average molecular weight is 329 g/mol. The predicted molar refractivity (Wildman–Crippen MR) is 80.1 cm³/mol. The van der Waals surface area contributed by atoms with Crippen LogP contribution in [0.25, 0.3) is 0 Å². The Morgan fingerprint density at radius 1 is 1.42 bits per heavy atom. The standard InChI is InChI=1S/C14H21BrN2O2/c1-4-19-14(18)13(16-9-10-17(2)3)11-7-5-6-8-12(11)15/h5-8,13,16H,4,9-10H2,1-3H3. The van der Waals surface area contributed by atoms with Gasteiger partial charge in [0.2, 0.25) is 0 Å². The van der Waals surface area contributed by atoms with Gasteiger partial charge in [-0.2, -0.15) is 0 Å². The van der Waals surface area contributed by atoms with E-state index in [2.05, 4.69) is 26.1 Å². The van der Waals surface area contributed by atoms with Crippen LogP contribution in [0.15, 0.2) is 28.7 Å². The zero-order valence-corrected chi connectivity index (χ0v) is 13.2. The molecule has 1 unspecified atom stereocenters. The number of halogens is 1. The van der Waals surface area contributed by atoms with Gasteiger partial charge in [-0.3, -0.25) is 5.32 Å². The molecule has 19 heavy (non-hydrogen) atoms. The lowest BCUT2D eigenvalue weighted by Crippen LogP contribution is -2.35. The van der Waals surface area contributed by atoms with E-state index in [-0.39, 0.29) is 5.97 Å². The van der Waals surface area contributed by atoms with Crippen molar-refractivity contribution >= 4 is 21.9 Å². The van der Waals surface area contributed by atoms with Gasteiger partial charge in [-0.15, -0.1) is 0 Å². The van der Waals surface area contributed by atoms with E-state index in [0.29, 0.717) is 6.61 Å². The van der Waals surface area contributed by atoms with E-state index in [9.17, 15) is 4.79 Å². The number of rotatable bonds is 7. The van der Waals surface area contributed by atoms with E-state index in [4.69, 9.17) is 4.74 Å². The van der Waals surface area contributed by atoms with E-state index in [1.54, 1.807) is 0 Å². The number of ether oxygens (including phenoxy) is 1. The fourth-order valence-electron chi connectivity index (χ4n) is 1.69. The maximum Gasteiger partial charge on any atom is 0.327 e. The van der Waals surface area contributed by atoms with E-state index in [1.165, 1.54) is 0 Å². The van der Waals surface area contributed by atoms with Crippen LogP contribution in [0.2, 0.25) is 0 Å². The van der Waals surface area contributed by atoms with Gasteiger partial charge in [0, 0.05) is 17.6 Å². The molecule has 1 aromatic rings. The Balaban J connectivity index is 2.80. The molecule has 1 atom stereocenters. The molecular formula is C14H21BrN2O2. The molecule has 0 saturated carbocycles. The van der Waals surface area contributed by atoms with Crippen LogP contribution in [0.5, 0.6) is 0 Å². The second-order valence-corrected chi connectivity index (χ2v) is 5.32. The van der Waals surface area contributed by atoms with E-state index in [1.807, 2.05) is 45.3 Å². The Bertz CT molecular complexity index is 410. The maximum atomic E-state index is 12.1. The maximum absolute atomic E-state index is 12.1. The summed E-state index contributed by atoms with van der Waals surface area (Å²) < 4.78 is 6.04. The third-order valence-corrected chi connectivity index (χ3v) is 3.37. The third kappa shape index (κ3) is 5.30. The summed E-state index contributed by atoms with van der Waals surface area (Å²) in [7, 11) is 4.00. The van der Waals surface area contributed by atoms with Crippen LogP contribution in [0.1, 0.15) is 18.5 Å². The van der Waals surface area contributed by atoms with Crippen molar-refractivity contribution in [1.29, 1.82) is 0 Å². The summed E-state index contributed by atoms with van der Waals surface area (Å²) in [6.07, 6.45) is 0. The Kier molecular flexibility index (Phi) is 7.05. The summed E-state index contributed by atoms with van der Waals surface area (Å²) >= 11 is 3.48. The molecule has 0 fully saturated rings. The summed E-state index contributed by atoms with van der Waals surface area (Å²) in [5, 5.41) is 3.25. The zero-order valence-electron chi connectivity index (χ0n) is 11.6. The van der Waals surface area contributed by atoms with Crippen molar-refractivity contribution < 1.29 is 9.53 Å². The Labute approximate surface area is 123 Å². The van der Waals surface area contributed by atoms with Crippen molar-refractivity contribution in [2.75, 3.05) is 33.8 Å². The minimum absolute atomic E-state index is 0.242. The minimum Gasteiger partial charge on any atom is -0.465 e. The summed E-state index contributed by atoms with van der Waals surface area (Å²) in [6.45, 7) is 3.78. The molecule has 0 heterocycles. The highest BCUT2D eigenvalue weighted by atomic mass is 79.9. The number of nitrogens with zero attached hydrogens (tertiary/aromatic N) is 1. The van der Waals surface area contributed by atoms with Gasteiger partial charge in [0.25, 0.3) is 0 Å². The van der Waals surface area contributed by atoms with Gasteiger partial charge in [-0.1, -0.05) is 34.1 Å². The highest BCUT2D eigenvalue weighted by Crippen LogP contribution is 2.24. The lowest BCUT2D eigenvalue weighted by molar-refractivity contribution is -0.145. The highest BCUT2D eigenvalue weighted by molar-refractivity contribution is 9.10. The van der Waals surface area contributed by atoms with E-state index >= 15 is 0 Å². The SMILES string of the molecule is CCOC(=O)C(NCCN(C)C)c1ccccc1Br. The smallest absolute Gasteiger partial charge is 0.327 e. The summed E-state index contributed by atoms with van der Waals surface area (Å²) in [5.74, 6) is -0.242. The number of nitrogens with one attached hydrogen (secondary N) is 1. The van der Waals surface area contributed by atoms with Crippen LogP contribution in [-0.4, -0.2) is 44.7 Å². The molecule has 106 valence electrons. The molecular weight excluding hydrogens is 308 g/mol.